The van der Waals surface area contributed by atoms with Crippen LogP contribution in [-0.4, -0.2) is 5.78 Å². The van der Waals surface area contributed by atoms with Crippen LogP contribution in [0.15, 0.2) is 18.2 Å². The lowest BCUT2D eigenvalue weighted by atomic mass is 9.77. The predicted octanol–water partition coefficient (Wildman–Crippen LogP) is 3.30. The number of benzene rings is 1. The van der Waals surface area contributed by atoms with E-state index in [1.165, 1.54) is 6.07 Å². The zero-order valence-electron chi connectivity index (χ0n) is 9.85. The predicted molar refractivity (Wildman–Crippen MR) is 61.8 cm³/mol. The number of ketones is 1. The van der Waals surface area contributed by atoms with Gasteiger partial charge in [-0.25, -0.2) is 4.39 Å². The molecule has 2 rings (SSSR count). The van der Waals surface area contributed by atoms with Crippen LogP contribution in [0.5, 0.6) is 0 Å². The van der Waals surface area contributed by atoms with Crippen LogP contribution < -0.4 is 0 Å². The maximum Gasteiger partial charge on any atom is 0.139 e. The van der Waals surface area contributed by atoms with Crippen LogP contribution in [0.3, 0.4) is 0 Å². The van der Waals surface area contributed by atoms with E-state index in [9.17, 15) is 9.18 Å². The first-order valence-electron chi connectivity index (χ1n) is 5.92. The van der Waals surface area contributed by atoms with E-state index in [2.05, 4.69) is 6.92 Å². The molecule has 1 unspecified atom stereocenters. The van der Waals surface area contributed by atoms with E-state index < -0.39 is 0 Å². The fourth-order valence-corrected chi connectivity index (χ4v) is 2.74. The van der Waals surface area contributed by atoms with E-state index in [4.69, 9.17) is 0 Å². The van der Waals surface area contributed by atoms with Crippen LogP contribution in [0.25, 0.3) is 0 Å². The molecule has 0 fully saturated rings. The molecule has 0 saturated carbocycles. The number of hydrogen-bond donors (Lipinski definition) is 0. The number of carbonyl (C=O) groups excluding carboxylic acids is 1. The summed E-state index contributed by atoms with van der Waals surface area (Å²) in [6, 6.07) is 4.89. The maximum absolute atomic E-state index is 13.1. The highest BCUT2D eigenvalue weighted by Gasteiger charge is 2.40. The molecule has 1 aromatic rings. The highest BCUT2D eigenvalue weighted by Crippen LogP contribution is 2.41. The van der Waals surface area contributed by atoms with Crippen LogP contribution in [0.1, 0.15) is 37.8 Å². The largest absolute Gasteiger partial charge is 0.299 e. The summed E-state index contributed by atoms with van der Waals surface area (Å²) in [6.07, 6.45) is 2.91. The van der Waals surface area contributed by atoms with Crippen molar-refractivity contribution >= 4 is 5.78 Å². The van der Waals surface area contributed by atoms with Gasteiger partial charge in [-0.1, -0.05) is 19.9 Å². The Kier molecular flexibility index (Phi) is 2.83. The molecule has 0 spiro atoms. The monoisotopic (exact) mass is 220 g/mol. The van der Waals surface area contributed by atoms with Crippen LogP contribution in [0.4, 0.5) is 4.39 Å². The zero-order valence-corrected chi connectivity index (χ0v) is 9.85. The average molecular weight is 220 g/mol. The summed E-state index contributed by atoms with van der Waals surface area (Å²) in [5.41, 5.74) is 1.90. The minimum atomic E-state index is -0.259. The zero-order chi connectivity index (χ0) is 11.8. The Balaban J connectivity index is 2.35. The minimum Gasteiger partial charge on any atom is -0.299 e. The quantitative estimate of drug-likeness (QED) is 0.763. The normalized spacial score (nSPS) is 23.2. The van der Waals surface area contributed by atoms with Crippen molar-refractivity contribution in [2.45, 2.75) is 39.5 Å². The van der Waals surface area contributed by atoms with Crippen LogP contribution in [-0.2, 0) is 17.6 Å². The first kappa shape index (κ1) is 11.3. The third kappa shape index (κ3) is 1.66. The van der Waals surface area contributed by atoms with Gasteiger partial charge in [-0.3, -0.25) is 4.79 Å². The Bertz CT molecular complexity index is 425. The molecular formula is C14H17FO. The fraction of sp³-hybridized carbons (Fsp3) is 0.500. The van der Waals surface area contributed by atoms with E-state index in [0.29, 0.717) is 18.6 Å². The Morgan fingerprint density at radius 2 is 2.00 bits per heavy atom. The van der Waals surface area contributed by atoms with Crippen molar-refractivity contribution < 1.29 is 9.18 Å². The molecule has 1 aliphatic carbocycles. The highest BCUT2D eigenvalue weighted by molar-refractivity contribution is 5.86. The summed E-state index contributed by atoms with van der Waals surface area (Å²) in [5, 5.41) is 0. The summed E-state index contributed by atoms with van der Waals surface area (Å²) in [5.74, 6) is 0.112. The third-order valence-corrected chi connectivity index (χ3v) is 3.82. The van der Waals surface area contributed by atoms with Gasteiger partial charge < -0.3 is 0 Å². The van der Waals surface area contributed by atoms with E-state index in [0.717, 1.165) is 24.0 Å². The van der Waals surface area contributed by atoms with Gasteiger partial charge in [0.2, 0.25) is 0 Å². The van der Waals surface area contributed by atoms with Gasteiger partial charge in [0.05, 0.1) is 0 Å². The number of halogens is 1. The van der Waals surface area contributed by atoms with Crippen molar-refractivity contribution in [1.82, 2.24) is 0 Å². The average Bonchev–Trinajstić information content (AvgIpc) is 2.67. The van der Waals surface area contributed by atoms with E-state index >= 15 is 0 Å². The molecule has 0 saturated heterocycles. The second-order valence-corrected chi connectivity index (χ2v) is 4.68. The Hall–Kier alpha value is -1.18. The van der Waals surface area contributed by atoms with Gasteiger partial charge in [-0.05, 0) is 42.5 Å². The van der Waals surface area contributed by atoms with E-state index in [1.807, 2.05) is 13.0 Å². The second kappa shape index (κ2) is 4.00. The molecule has 0 amide bonds. The topological polar surface area (TPSA) is 17.1 Å². The molecule has 0 aromatic heterocycles. The molecule has 1 aromatic carbocycles. The number of carbonyl (C=O) groups is 1. The van der Waals surface area contributed by atoms with Gasteiger partial charge in [-0.15, -0.1) is 0 Å². The molecule has 0 N–H and O–H groups in total. The van der Waals surface area contributed by atoms with Crippen molar-refractivity contribution in [3.05, 3.63) is 35.1 Å². The molecule has 0 heterocycles. The molecule has 16 heavy (non-hydrogen) atoms. The van der Waals surface area contributed by atoms with E-state index in [-0.39, 0.29) is 11.2 Å². The molecule has 86 valence electrons. The molecule has 1 aliphatic rings. The van der Waals surface area contributed by atoms with Crippen molar-refractivity contribution in [3.8, 4) is 0 Å². The highest BCUT2D eigenvalue weighted by atomic mass is 19.1. The molecule has 1 atom stereocenters. The summed E-state index contributed by atoms with van der Waals surface area (Å²) < 4.78 is 13.1. The number of fused-ring (bicyclic) bond motifs is 1. The standard InChI is InChI=1S/C14H17FO/c1-3-13(16)14(4-2)8-10-5-6-12(15)7-11(10)9-14/h5-7H,3-4,8-9H2,1-2H3. The molecule has 0 radical (unpaired) electrons. The van der Waals surface area contributed by atoms with E-state index in [1.54, 1.807) is 6.07 Å². The second-order valence-electron chi connectivity index (χ2n) is 4.68. The smallest absolute Gasteiger partial charge is 0.139 e. The van der Waals surface area contributed by atoms with Crippen molar-refractivity contribution in [2.24, 2.45) is 5.41 Å². The van der Waals surface area contributed by atoms with Crippen LogP contribution in [0.2, 0.25) is 0 Å². The summed E-state index contributed by atoms with van der Waals surface area (Å²) in [4.78, 5) is 12.0. The lowest BCUT2D eigenvalue weighted by Crippen LogP contribution is -2.30. The molecular weight excluding hydrogens is 203 g/mol. The number of hydrogen-bond acceptors (Lipinski definition) is 1. The number of Topliss-reactive ketones (excluding diaryl/α,β-unsaturated/α-hetero) is 1. The molecule has 0 aliphatic heterocycles. The maximum atomic E-state index is 13.1. The van der Waals surface area contributed by atoms with Gasteiger partial charge in [0.1, 0.15) is 11.6 Å². The van der Waals surface area contributed by atoms with Crippen molar-refractivity contribution in [3.63, 3.8) is 0 Å². The molecule has 0 bridgehead atoms. The van der Waals surface area contributed by atoms with Gasteiger partial charge >= 0.3 is 0 Å². The number of rotatable bonds is 3. The van der Waals surface area contributed by atoms with Crippen molar-refractivity contribution in [2.75, 3.05) is 0 Å². The Morgan fingerprint density at radius 1 is 1.31 bits per heavy atom. The fourth-order valence-electron chi connectivity index (χ4n) is 2.74. The van der Waals surface area contributed by atoms with Gasteiger partial charge in [-0.2, -0.15) is 0 Å². The summed E-state index contributed by atoms with van der Waals surface area (Å²) >= 11 is 0. The summed E-state index contributed by atoms with van der Waals surface area (Å²) in [6.45, 7) is 3.96. The minimum absolute atomic E-state index is 0.199. The Morgan fingerprint density at radius 3 is 2.62 bits per heavy atom. The molecule has 2 heteroatoms. The van der Waals surface area contributed by atoms with Gasteiger partial charge in [0, 0.05) is 11.8 Å². The lowest BCUT2D eigenvalue weighted by molar-refractivity contribution is -0.128. The van der Waals surface area contributed by atoms with Crippen LogP contribution >= 0.6 is 0 Å². The third-order valence-electron chi connectivity index (χ3n) is 3.82. The van der Waals surface area contributed by atoms with Gasteiger partial charge in [0.25, 0.3) is 0 Å². The lowest BCUT2D eigenvalue weighted by Gasteiger charge is -2.25. The van der Waals surface area contributed by atoms with Crippen molar-refractivity contribution in [1.29, 1.82) is 0 Å². The molecule has 1 nitrogen and oxygen atoms in total. The van der Waals surface area contributed by atoms with Crippen LogP contribution in [0, 0.1) is 11.2 Å². The van der Waals surface area contributed by atoms with Gasteiger partial charge in [0.15, 0.2) is 0 Å². The first-order chi connectivity index (χ1) is 7.61. The Labute approximate surface area is 95.7 Å². The summed E-state index contributed by atoms with van der Waals surface area (Å²) in [7, 11) is 0. The first-order valence-corrected chi connectivity index (χ1v) is 5.92. The SMILES string of the molecule is CCC(=O)C1(CC)Cc2ccc(F)cc2C1.